The number of urea groups is 1. The lowest BCUT2D eigenvalue weighted by atomic mass is 10.3. The molecule has 0 radical (unpaired) electrons. The third kappa shape index (κ3) is 2.34. The van der Waals surface area contributed by atoms with E-state index in [1.807, 2.05) is 36.4 Å². The molecule has 0 unspecified atom stereocenters. The Bertz CT molecular complexity index is 855. The molecule has 6 nitrogen and oxygen atoms in total. The quantitative estimate of drug-likeness (QED) is 0.698. The molecule has 6 heteroatoms. The smallest absolute Gasteiger partial charge is 0.332 e. The number of imide groups is 1. The molecule has 3 amide bonds. The summed E-state index contributed by atoms with van der Waals surface area (Å²) in [5.41, 5.74) is 2.05. The van der Waals surface area contributed by atoms with Crippen molar-refractivity contribution in [3.63, 3.8) is 0 Å². The van der Waals surface area contributed by atoms with Crippen LogP contribution in [0.5, 0.6) is 0 Å². The van der Waals surface area contributed by atoms with Gasteiger partial charge in [0.05, 0.1) is 0 Å². The topological polar surface area (TPSA) is 66.7 Å². The van der Waals surface area contributed by atoms with Crippen molar-refractivity contribution in [1.82, 2.24) is 9.88 Å². The van der Waals surface area contributed by atoms with Crippen LogP contribution in [0.25, 0.3) is 11.1 Å². The summed E-state index contributed by atoms with van der Waals surface area (Å²) in [5.74, 6) is 0.0870. The van der Waals surface area contributed by atoms with Gasteiger partial charge in [-0.15, -0.1) is 0 Å². The lowest BCUT2D eigenvalue weighted by molar-refractivity contribution is -0.125. The van der Waals surface area contributed by atoms with Crippen LogP contribution >= 0.6 is 0 Å². The molecule has 0 spiro atoms. The van der Waals surface area contributed by atoms with Gasteiger partial charge in [0.1, 0.15) is 18.6 Å². The SMILES string of the molecule is O=C1CN(c2ccccc2)C(=O)N1Cc1nc2ccccc2o1. The lowest BCUT2D eigenvalue weighted by Gasteiger charge is -2.15. The first-order valence-corrected chi connectivity index (χ1v) is 7.24. The van der Waals surface area contributed by atoms with E-state index < -0.39 is 0 Å². The van der Waals surface area contributed by atoms with Gasteiger partial charge >= 0.3 is 6.03 Å². The maximum atomic E-state index is 12.5. The van der Waals surface area contributed by atoms with Crippen LogP contribution in [0.1, 0.15) is 5.89 Å². The Morgan fingerprint density at radius 2 is 1.74 bits per heavy atom. The lowest BCUT2D eigenvalue weighted by Crippen LogP contribution is -2.32. The first-order chi connectivity index (χ1) is 11.2. The van der Waals surface area contributed by atoms with Crippen LogP contribution in [0, 0.1) is 0 Å². The van der Waals surface area contributed by atoms with E-state index in [9.17, 15) is 9.59 Å². The highest BCUT2D eigenvalue weighted by Crippen LogP contribution is 2.23. The number of nitrogens with zero attached hydrogens (tertiary/aromatic N) is 3. The van der Waals surface area contributed by atoms with Crippen LogP contribution in [0.4, 0.5) is 10.5 Å². The number of carbonyl (C=O) groups is 2. The third-order valence-electron chi connectivity index (χ3n) is 3.76. The molecule has 0 bridgehead atoms. The number of para-hydroxylation sites is 3. The molecule has 2 heterocycles. The van der Waals surface area contributed by atoms with E-state index in [-0.39, 0.29) is 25.0 Å². The van der Waals surface area contributed by atoms with Crippen LogP contribution in [0.3, 0.4) is 0 Å². The average molecular weight is 307 g/mol. The van der Waals surface area contributed by atoms with Gasteiger partial charge in [-0.25, -0.2) is 9.78 Å². The van der Waals surface area contributed by atoms with Crippen LogP contribution in [-0.2, 0) is 11.3 Å². The molecule has 1 aliphatic heterocycles. The molecule has 23 heavy (non-hydrogen) atoms. The zero-order valence-electron chi connectivity index (χ0n) is 12.2. The van der Waals surface area contributed by atoms with Gasteiger partial charge in [0.25, 0.3) is 5.91 Å². The Labute approximate surface area is 131 Å². The molecule has 0 aliphatic carbocycles. The van der Waals surface area contributed by atoms with Gasteiger partial charge in [0, 0.05) is 5.69 Å². The van der Waals surface area contributed by atoms with E-state index in [0.29, 0.717) is 22.7 Å². The minimum atomic E-state index is -0.358. The maximum absolute atomic E-state index is 12.5. The zero-order chi connectivity index (χ0) is 15.8. The van der Waals surface area contributed by atoms with Crippen molar-refractivity contribution in [2.24, 2.45) is 0 Å². The number of fused-ring (bicyclic) bond motifs is 1. The van der Waals surface area contributed by atoms with E-state index in [1.165, 1.54) is 4.90 Å². The monoisotopic (exact) mass is 307 g/mol. The summed E-state index contributed by atoms with van der Waals surface area (Å²) in [6, 6.07) is 16.1. The number of hydrogen-bond donors (Lipinski definition) is 0. The van der Waals surface area contributed by atoms with Gasteiger partial charge in [-0.2, -0.15) is 0 Å². The summed E-state index contributed by atoms with van der Waals surface area (Å²) >= 11 is 0. The molecule has 1 fully saturated rings. The van der Waals surface area contributed by atoms with E-state index in [0.717, 1.165) is 4.90 Å². The highest BCUT2D eigenvalue weighted by atomic mass is 16.3. The van der Waals surface area contributed by atoms with Crippen molar-refractivity contribution >= 4 is 28.7 Å². The van der Waals surface area contributed by atoms with Crippen molar-refractivity contribution in [3.8, 4) is 0 Å². The Hall–Kier alpha value is -3.15. The second-order valence-electron chi connectivity index (χ2n) is 5.26. The van der Waals surface area contributed by atoms with Gasteiger partial charge in [-0.1, -0.05) is 30.3 Å². The predicted octanol–water partition coefficient (Wildman–Crippen LogP) is 2.80. The summed E-state index contributed by atoms with van der Waals surface area (Å²) in [6.07, 6.45) is 0. The number of benzene rings is 2. The number of aromatic nitrogens is 1. The Kier molecular flexibility index (Phi) is 3.08. The number of rotatable bonds is 3. The molecule has 1 aromatic heterocycles. The van der Waals surface area contributed by atoms with Gasteiger partial charge in [-0.3, -0.25) is 14.6 Å². The summed E-state index contributed by atoms with van der Waals surface area (Å²) in [5, 5.41) is 0. The van der Waals surface area contributed by atoms with Crippen molar-refractivity contribution in [2.75, 3.05) is 11.4 Å². The van der Waals surface area contributed by atoms with Crippen LogP contribution in [0.2, 0.25) is 0 Å². The summed E-state index contributed by atoms with van der Waals surface area (Å²) < 4.78 is 5.59. The van der Waals surface area contributed by atoms with Crippen LogP contribution in [-0.4, -0.2) is 28.4 Å². The maximum Gasteiger partial charge on any atom is 0.332 e. The van der Waals surface area contributed by atoms with E-state index in [4.69, 9.17) is 4.42 Å². The van der Waals surface area contributed by atoms with Crippen molar-refractivity contribution < 1.29 is 14.0 Å². The number of anilines is 1. The standard InChI is InChI=1S/C17H13N3O3/c21-16-11-19(12-6-2-1-3-7-12)17(22)20(16)10-15-18-13-8-4-5-9-14(13)23-15/h1-9H,10-11H2. The summed E-state index contributed by atoms with van der Waals surface area (Å²) in [6.45, 7) is 0.0682. The molecule has 1 saturated heterocycles. The first-order valence-electron chi connectivity index (χ1n) is 7.24. The van der Waals surface area contributed by atoms with E-state index >= 15 is 0 Å². The Balaban J connectivity index is 1.59. The molecule has 0 saturated carbocycles. The second kappa shape index (κ2) is 5.24. The third-order valence-corrected chi connectivity index (χ3v) is 3.76. The molecular formula is C17H13N3O3. The van der Waals surface area contributed by atoms with Gasteiger partial charge in [0.15, 0.2) is 5.58 Å². The molecule has 4 rings (SSSR count). The Morgan fingerprint density at radius 3 is 2.52 bits per heavy atom. The highest BCUT2D eigenvalue weighted by molar-refractivity contribution is 6.12. The molecule has 0 N–H and O–H groups in total. The van der Waals surface area contributed by atoms with Gasteiger partial charge in [-0.05, 0) is 24.3 Å². The fourth-order valence-corrected chi connectivity index (χ4v) is 2.63. The molecule has 114 valence electrons. The highest BCUT2D eigenvalue weighted by Gasteiger charge is 2.37. The number of carbonyl (C=O) groups excluding carboxylic acids is 2. The minimum absolute atomic E-state index is 0.0308. The van der Waals surface area contributed by atoms with Crippen molar-refractivity contribution in [3.05, 3.63) is 60.5 Å². The first kappa shape index (κ1) is 13.5. The number of hydrogen-bond acceptors (Lipinski definition) is 4. The van der Waals surface area contributed by atoms with Gasteiger partial charge in [0.2, 0.25) is 5.89 Å². The zero-order valence-corrected chi connectivity index (χ0v) is 12.2. The largest absolute Gasteiger partial charge is 0.439 e. The predicted molar refractivity (Wildman–Crippen MR) is 83.7 cm³/mol. The summed E-state index contributed by atoms with van der Waals surface area (Å²) in [4.78, 5) is 31.6. The Morgan fingerprint density at radius 1 is 1.00 bits per heavy atom. The normalized spacial score (nSPS) is 15.0. The molecule has 1 aliphatic rings. The average Bonchev–Trinajstić information content (AvgIpc) is 3.11. The van der Waals surface area contributed by atoms with Crippen LogP contribution in [0.15, 0.2) is 59.0 Å². The second-order valence-corrected chi connectivity index (χ2v) is 5.26. The van der Waals surface area contributed by atoms with Crippen molar-refractivity contribution in [2.45, 2.75) is 6.54 Å². The van der Waals surface area contributed by atoms with Gasteiger partial charge < -0.3 is 4.42 Å². The molecule has 3 aromatic rings. The van der Waals surface area contributed by atoms with Crippen molar-refractivity contribution in [1.29, 1.82) is 0 Å². The molecular weight excluding hydrogens is 294 g/mol. The number of amides is 3. The minimum Gasteiger partial charge on any atom is -0.439 e. The summed E-state index contributed by atoms with van der Waals surface area (Å²) in [7, 11) is 0. The fraction of sp³-hybridized carbons (Fsp3) is 0.118. The van der Waals surface area contributed by atoms with E-state index in [1.54, 1.807) is 18.2 Å². The van der Waals surface area contributed by atoms with E-state index in [2.05, 4.69) is 4.98 Å². The molecule has 2 aromatic carbocycles. The molecule has 0 atom stereocenters. The van der Waals surface area contributed by atoms with Crippen LogP contribution < -0.4 is 4.90 Å². The fourth-order valence-electron chi connectivity index (χ4n) is 2.63. The number of oxazole rings is 1.